The highest BCUT2D eigenvalue weighted by Gasteiger charge is 2.19. The average Bonchev–Trinajstić information content (AvgIpc) is 2.55. The van der Waals surface area contributed by atoms with Gasteiger partial charge < -0.3 is 20.1 Å². The fourth-order valence-corrected chi connectivity index (χ4v) is 2.12. The molecule has 0 saturated carbocycles. The summed E-state index contributed by atoms with van der Waals surface area (Å²) in [5, 5.41) is 4.53. The van der Waals surface area contributed by atoms with Gasteiger partial charge in [0, 0.05) is 5.70 Å². The molecule has 2 amide bonds. The van der Waals surface area contributed by atoms with Crippen molar-refractivity contribution in [2.24, 2.45) is 0 Å². The summed E-state index contributed by atoms with van der Waals surface area (Å²) >= 11 is 5.88. The van der Waals surface area contributed by atoms with Gasteiger partial charge in [0.25, 0.3) is 0 Å². The predicted octanol–water partition coefficient (Wildman–Crippen LogP) is 4.02. The molecule has 7 nitrogen and oxygen atoms in total. The molecule has 0 atom stereocenters. The van der Waals surface area contributed by atoms with Crippen molar-refractivity contribution < 1.29 is 28.2 Å². The van der Waals surface area contributed by atoms with Crippen molar-refractivity contribution in [3.63, 3.8) is 0 Å². The molecule has 0 bridgehead atoms. The van der Waals surface area contributed by atoms with Crippen LogP contribution in [-0.4, -0.2) is 30.7 Å². The number of carbonyl (C=O) groups is 3. The van der Waals surface area contributed by atoms with Crippen LogP contribution in [0.3, 0.4) is 0 Å². The Hall–Kier alpha value is -2.61. The van der Waals surface area contributed by atoms with Crippen molar-refractivity contribution >= 4 is 35.3 Å². The third kappa shape index (κ3) is 6.56. The number of anilines is 1. The van der Waals surface area contributed by atoms with Gasteiger partial charge in [-0.2, -0.15) is 0 Å². The van der Waals surface area contributed by atoms with Gasteiger partial charge in [-0.1, -0.05) is 11.6 Å². The van der Waals surface area contributed by atoms with Crippen LogP contribution in [0.4, 0.5) is 14.9 Å². The van der Waals surface area contributed by atoms with Gasteiger partial charge in [0.1, 0.15) is 5.82 Å². The van der Waals surface area contributed by atoms with E-state index in [0.29, 0.717) is 0 Å². The summed E-state index contributed by atoms with van der Waals surface area (Å²) in [4.78, 5) is 35.7. The number of hydrogen-bond donors (Lipinski definition) is 2. The summed E-state index contributed by atoms with van der Waals surface area (Å²) in [6.45, 7) is 8.14. The van der Waals surface area contributed by atoms with E-state index in [2.05, 4.69) is 10.6 Å². The number of nitrogens with one attached hydrogen (secondary N) is 2. The van der Waals surface area contributed by atoms with E-state index in [4.69, 9.17) is 21.1 Å². The SMILES string of the molecule is CCOC(=O)C(C)=C(C)NC(=O)Nc1cc(C(=O)OC(C)C)c(Cl)cc1F. The number of esters is 2. The molecule has 0 aliphatic rings. The lowest BCUT2D eigenvalue weighted by atomic mass is 10.2. The summed E-state index contributed by atoms with van der Waals surface area (Å²) in [7, 11) is 0. The first-order valence-electron chi connectivity index (χ1n) is 8.19. The van der Waals surface area contributed by atoms with Gasteiger partial charge in [0.15, 0.2) is 0 Å². The van der Waals surface area contributed by atoms with E-state index in [1.54, 1.807) is 20.8 Å². The second-order valence-corrected chi connectivity index (χ2v) is 6.22. The van der Waals surface area contributed by atoms with E-state index >= 15 is 0 Å². The minimum atomic E-state index is -0.833. The maximum atomic E-state index is 14.1. The fraction of sp³-hybridized carbons (Fsp3) is 0.389. The molecule has 1 rings (SSSR count). The van der Waals surface area contributed by atoms with Gasteiger partial charge in [-0.25, -0.2) is 18.8 Å². The van der Waals surface area contributed by atoms with E-state index in [-0.39, 0.29) is 34.2 Å². The quantitative estimate of drug-likeness (QED) is 0.555. The van der Waals surface area contributed by atoms with E-state index in [1.807, 2.05) is 0 Å². The molecule has 0 unspecified atom stereocenters. The van der Waals surface area contributed by atoms with Gasteiger partial charge in [0.2, 0.25) is 0 Å². The fourth-order valence-electron chi connectivity index (χ4n) is 1.89. The van der Waals surface area contributed by atoms with Crippen LogP contribution in [0.15, 0.2) is 23.4 Å². The number of hydrogen-bond acceptors (Lipinski definition) is 5. The van der Waals surface area contributed by atoms with Crippen LogP contribution in [0.1, 0.15) is 45.0 Å². The Kier molecular flexibility index (Phi) is 8.24. The van der Waals surface area contributed by atoms with Crippen molar-refractivity contribution in [1.82, 2.24) is 5.32 Å². The number of halogens is 2. The van der Waals surface area contributed by atoms with E-state index in [1.165, 1.54) is 13.8 Å². The van der Waals surface area contributed by atoms with Crippen LogP contribution in [0.5, 0.6) is 0 Å². The van der Waals surface area contributed by atoms with E-state index < -0.39 is 29.9 Å². The third-order valence-corrected chi connectivity index (χ3v) is 3.63. The molecule has 0 saturated heterocycles. The number of urea groups is 1. The van der Waals surface area contributed by atoms with Gasteiger partial charge >= 0.3 is 18.0 Å². The number of amides is 2. The summed E-state index contributed by atoms with van der Waals surface area (Å²) in [5.74, 6) is -2.15. The molecular formula is C18H22ClFN2O5. The number of ether oxygens (including phenoxy) is 2. The largest absolute Gasteiger partial charge is 0.463 e. The van der Waals surface area contributed by atoms with Gasteiger partial charge in [-0.3, -0.25) is 0 Å². The highest BCUT2D eigenvalue weighted by Crippen LogP contribution is 2.25. The highest BCUT2D eigenvalue weighted by molar-refractivity contribution is 6.33. The molecule has 0 spiro atoms. The molecule has 0 heterocycles. The first kappa shape index (κ1) is 22.4. The lowest BCUT2D eigenvalue weighted by molar-refractivity contribution is -0.138. The molecule has 0 aliphatic carbocycles. The molecule has 0 aliphatic heterocycles. The van der Waals surface area contributed by atoms with Crippen LogP contribution in [0.2, 0.25) is 5.02 Å². The molecule has 9 heteroatoms. The van der Waals surface area contributed by atoms with Crippen molar-refractivity contribution in [2.75, 3.05) is 11.9 Å². The molecule has 27 heavy (non-hydrogen) atoms. The van der Waals surface area contributed by atoms with Crippen molar-refractivity contribution in [1.29, 1.82) is 0 Å². The molecule has 2 N–H and O–H groups in total. The van der Waals surface area contributed by atoms with Crippen LogP contribution < -0.4 is 10.6 Å². The first-order chi connectivity index (χ1) is 12.6. The monoisotopic (exact) mass is 400 g/mol. The maximum absolute atomic E-state index is 14.1. The second kappa shape index (κ2) is 9.91. The van der Waals surface area contributed by atoms with Crippen LogP contribution in [-0.2, 0) is 14.3 Å². The zero-order valence-corrected chi connectivity index (χ0v) is 16.5. The van der Waals surface area contributed by atoms with E-state index in [0.717, 1.165) is 12.1 Å². The topological polar surface area (TPSA) is 93.7 Å². The second-order valence-electron chi connectivity index (χ2n) is 5.82. The molecule has 0 aromatic heterocycles. The van der Waals surface area contributed by atoms with Gasteiger partial charge in [-0.15, -0.1) is 0 Å². The van der Waals surface area contributed by atoms with E-state index in [9.17, 15) is 18.8 Å². The minimum absolute atomic E-state index is 0.0861. The first-order valence-corrected chi connectivity index (χ1v) is 8.57. The van der Waals surface area contributed by atoms with Gasteiger partial charge in [0.05, 0.1) is 34.6 Å². The zero-order valence-electron chi connectivity index (χ0n) is 15.7. The van der Waals surface area contributed by atoms with Crippen LogP contribution >= 0.6 is 11.6 Å². The molecule has 1 aromatic rings. The summed E-state index contributed by atoms with van der Waals surface area (Å²) < 4.78 is 23.9. The Balaban J connectivity index is 2.98. The number of benzene rings is 1. The van der Waals surface area contributed by atoms with Crippen molar-refractivity contribution in [3.05, 3.63) is 39.8 Å². The Labute approximate surface area is 161 Å². The lowest BCUT2D eigenvalue weighted by Crippen LogP contribution is -2.29. The molecular weight excluding hydrogens is 379 g/mol. The van der Waals surface area contributed by atoms with Crippen LogP contribution in [0, 0.1) is 5.82 Å². The Morgan fingerprint density at radius 1 is 1.22 bits per heavy atom. The normalized spacial score (nSPS) is 11.6. The third-order valence-electron chi connectivity index (χ3n) is 3.31. The summed E-state index contributed by atoms with van der Waals surface area (Å²) in [6, 6.07) is 1.18. The molecule has 0 fully saturated rings. The highest BCUT2D eigenvalue weighted by atomic mass is 35.5. The van der Waals surface area contributed by atoms with Crippen LogP contribution in [0.25, 0.3) is 0 Å². The Bertz CT molecular complexity index is 777. The molecule has 148 valence electrons. The van der Waals surface area contributed by atoms with Crippen molar-refractivity contribution in [3.8, 4) is 0 Å². The minimum Gasteiger partial charge on any atom is -0.463 e. The average molecular weight is 401 g/mol. The number of carbonyl (C=O) groups excluding carboxylic acids is 3. The maximum Gasteiger partial charge on any atom is 0.339 e. The predicted molar refractivity (Wildman–Crippen MR) is 99.1 cm³/mol. The molecule has 1 aromatic carbocycles. The zero-order chi connectivity index (χ0) is 20.7. The lowest BCUT2D eigenvalue weighted by Gasteiger charge is -2.13. The van der Waals surface area contributed by atoms with Gasteiger partial charge in [-0.05, 0) is 46.8 Å². The number of rotatable bonds is 6. The molecule has 0 radical (unpaired) electrons. The Morgan fingerprint density at radius 2 is 1.85 bits per heavy atom. The summed E-state index contributed by atoms with van der Waals surface area (Å²) in [6.07, 6.45) is -0.392. The number of allylic oxidation sites excluding steroid dienone is 1. The summed E-state index contributed by atoms with van der Waals surface area (Å²) in [5.41, 5.74) is 0.0794. The Morgan fingerprint density at radius 3 is 2.41 bits per heavy atom. The standard InChI is InChI=1S/C18H22ClFN2O5/c1-6-26-16(23)10(4)11(5)21-18(25)22-15-7-12(13(19)8-14(15)20)17(24)27-9(2)3/h7-9H,6H2,1-5H3,(H2,21,22,25). The van der Waals surface area contributed by atoms with Crippen molar-refractivity contribution in [2.45, 2.75) is 40.7 Å². The smallest absolute Gasteiger partial charge is 0.339 e.